The van der Waals surface area contributed by atoms with Crippen LogP contribution in [-0.4, -0.2) is 15.6 Å². The maximum absolute atomic E-state index is 12.6. The van der Waals surface area contributed by atoms with Crippen LogP contribution in [-0.2, 0) is 6.54 Å². The normalized spacial score (nSPS) is 10.8. The first kappa shape index (κ1) is 12.6. The molecular weight excluding hydrogens is 248 g/mol. The number of hydrogen-bond acceptors (Lipinski definition) is 2. The molecule has 0 aliphatic carbocycles. The number of fused-ring (bicyclic) bond motifs is 1. The summed E-state index contributed by atoms with van der Waals surface area (Å²) in [6.45, 7) is 2.93. The first-order chi connectivity index (χ1) is 9.79. The fourth-order valence-corrected chi connectivity index (χ4v) is 2.41. The molecule has 3 nitrogen and oxygen atoms in total. The predicted molar refractivity (Wildman–Crippen MR) is 79.9 cm³/mol. The fraction of sp³-hybridized carbons (Fsp3) is 0.176. The van der Waals surface area contributed by atoms with Crippen LogP contribution in [0.15, 0.2) is 54.9 Å². The minimum atomic E-state index is 0.0316. The Morgan fingerprint density at radius 2 is 1.95 bits per heavy atom. The van der Waals surface area contributed by atoms with Crippen LogP contribution in [0.3, 0.4) is 0 Å². The van der Waals surface area contributed by atoms with Crippen molar-refractivity contribution in [1.82, 2.24) is 9.78 Å². The summed E-state index contributed by atoms with van der Waals surface area (Å²) in [5.74, 6) is 0.0316. The van der Waals surface area contributed by atoms with E-state index in [4.69, 9.17) is 0 Å². The summed E-state index contributed by atoms with van der Waals surface area (Å²) in [5, 5.41) is 6.30. The molecule has 0 fully saturated rings. The van der Waals surface area contributed by atoms with Crippen molar-refractivity contribution in [1.29, 1.82) is 0 Å². The highest BCUT2D eigenvalue weighted by Crippen LogP contribution is 2.21. The lowest BCUT2D eigenvalue weighted by Gasteiger charge is -2.04. The molecule has 1 aromatic heterocycles. The molecule has 0 amide bonds. The Morgan fingerprint density at radius 3 is 2.80 bits per heavy atom. The van der Waals surface area contributed by atoms with E-state index in [2.05, 4.69) is 12.0 Å². The Hall–Kier alpha value is -2.42. The van der Waals surface area contributed by atoms with Crippen molar-refractivity contribution < 1.29 is 4.79 Å². The monoisotopic (exact) mass is 264 g/mol. The van der Waals surface area contributed by atoms with Gasteiger partial charge in [0.2, 0.25) is 0 Å². The second kappa shape index (κ2) is 5.29. The summed E-state index contributed by atoms with van der Waals surface area (Å²) in [4.78, 5) is 12.6. The van der Waals surface area contributed by atoms with Gasteiger partial charge in [-0.05, 0) is 17.2 Å². The van der Waals surface area contributed by atoms with Crippen molar-refractivity contribution in [2.24, 2.45) is 0 Å². The third-order valence-corrected chi connectivity index (χ3v) is 3.38. The Morgan fingerprint density at radius 1 is 1.15 bits per heavy atom. The van der Waals surface area contributed by atoms with Crippen molar-refractivity contribution >= 4 is 16.6 Å². The molecule has 0 atom stereocenters. The van der Waals surface area contributed by atoms with E-state index in [1.165, 1.54) is 0 Å². The van der Waals surface area contributed by atoms with Crippen LogP contribution in [0.25, 0.3) is 10.8 Å². The molecule has 1 heterocycles. The Bertz CT molecular complexity index is 753. The molecule has 0 saturated heterocycles. The summed E-state index contributed by atoms with van der Waals surface area (Å²) in [5.41, 5.74) is 1.38. The van der Waals surface area contributed by atoms with Gasteiger partial charge in [-0.15, -0.1) is 0 Å². The average Bonchev–Trinajstić information content (AvgIpc) is 2.95. The van der Waals surface area contributed by atoms with E-state index in [0.29, 0.717) is 5.56 Å². The lowest BCUT2D eigenvalue weighted by molar-refractivity contribution is 0.104. The number of aromatic nitrogens is 2. The summed E-state index contributed by atoms with van der Waals surface area (Å²) in [7, 11) is 0. The minimum Gasteiger partial charge on any atom is -0.288 e. The number of ketones is 1. The molecule has 100 valence electrons. The summed E-state index contributed by atoms with van der Waals surface area (Å²) in [6.07, 6.45) is 4.48. The van der Waals surface area contributed by atoms with Crippen LogP contribution in [0.4, 0.5) is 0 Å². The number of nitrogens with zero attached hydrogens (tertiary/aromatic N) is 2. The minimum absolute atomic E-state index is 0.0316. The van der Waals surface area contributed by atoms with Crippen LogP contribution < -0.4 is 0 Å². The van der Waals surface area contributed by atoms with E-state index in [9.17, 15) is 4.79 Å². The van der Waals surface area contributed by atoms with E-state index in [1.807, 2.05) is 53.3 Å². The lowest BCUT2D eigenvalue weighted by atomic mass is 9.99. The van der Waals surface area contributed by atoms with Gasteiger partial charge in [0.15, 0.2) is 5.78 Å². The van der Waals surface area contributed by atoms with E-state index < -0.39 is 0 Å². The number of rotatable bonds is 4. The number of benzene rings is 2. The molecule has 2 aromatic carbocycles. The molecule has 0 unspecified atom stereocenters. The van der Waals surface area contributed by atoms with E-state index in [1.54, 1.807) is 6.20 Å². The number of carbonyl (C=O) groups is 1. The SMILES string of the molecule is CCCn1cc(C(=O)c2cccc3ccccc23)cn1. The molecule has 0 spiro atoms. The van der Waals surface area contributed by atoms with Crippen molar-refractivity contribution in [3.63, 3.8) is 0 Å². The molecule has 3 aromatic rings. The van der Waals surface area contributed by atoms with Gasteiger partial charge >= 0.3 is 0 Å². The van der Waals surface area contributed by atoms with E-state index >= 15 is 0 Å². The third kappa shape index (κ3) is 2.23. The number of hydrogen-bond donors (Lipinski definition) is 0. The van der Waals surface area contributed by atoms with Crippen LogP contribution in [0.1, 0.15) is 29.3 Å². The lowest BCUT2D eigenvalue weighted by Crippen LogP contribution is -2.01. The molecular formula is C17H16N2O. The highest BCUT2D eigenvalue weighted by molar-refractivity contribution is 6.16. The van der Waals surface area contributed by atoms with Crippen molar-refractivity contribution in [2.45, 2.75) is 19.9 Å². The van der Waals surface area contributed by atoms with E-state index in [0.717, 1.165) is 29.3 Å². The van der Waals surface area contributed by atoms with Crippen LogP contribution in [0.5, 0.6) is 0 Å². The average molecular weight is 264 g/mol. The Labute approximate surface area is 117 Å². The van der Waals surface area contributed by atoms with Gasteiger partial charge in [-0.2, -0.15) is 5.10 Å². The van der Waals surface area contributed by atoms with Gasteiger partial charge in [0.05, 0.1) is 11.8 Å². The van der Waals surface area contributed by atoms with Crippen LogP contribution in [0, 0.1) is 0 Å². The van der Waals surface area contributed by atoms with E-state index in [-0.39, 0.29) is 5.78 Å². The van der Waals surface area contributed by atoms with Crippen LogP contribution in [0.2, 0.25) is 0 Å². The predicted octanol–water partition coefficient (Wildman–Crippen LogP) is 3.68. The second-order valence-corrected chi connectivity index (χ2v) is 4.85. The standard InChI is InChI=1S/C17H16N2O/c1-2-10-19-12-14(11-18-19)17(20)16-9-5-7-13-6-3-4-8-15(13)16/h3-9,11-12H,2,10H2,1H3. The van der Waals surface area contributed by atoms with Gasteiger partial charge in [-0.25, -0.2) is 0 Å². The summed E-state index contributed by atoms with van der Waals surface area (Å²) in [6, 6.07) is 13.8. The summed E-state index contributed by atoms with van der Waals surface area (Å²) < 4.78 is 1.82. The zero-order chi connectivity index (χ0) is 13.9. The first-order valence-electron chi connectivity index (χ1n) is 6.84. The third-order valence-electron chi connectivity index (χ3n) is 3.38. The van der Waals surface area contributed by atoms with Gasteiger partial charge < -0.3 is 0 Å². The van der Waals surface area contributed by atoms with Gasteiger partial charge in [0.1, 0.15) is 0 Å². The molecule has 0 saturated carbocycles. The van der Waals surface area contributed by atoms with Crippen molar-refractivity contribution in [3.8, 4) is 0 Å². The van der Waals surface area contributed by atoms with Crippen molar-refractivity contribution in [2.75, 3.05) is 0 Å². The zero-order valence-corrected chi connectivity index (χ0v) is 11.4. The first-order valence-corrected chi connectivity index (χ1v) is 6.84. The Balaban J connectivity index is 2.03. The molecule has 20 heavy (non-hydrogen) atoms. The topological polar surface area (TPSA) is 34.9 Å². The van der Waals surface area contributed by atoms with Gasteiger partial charge in [0, 0.05) is 18.3 Å². The molecule has 0 aliphatic rings. The molecule has 0 bridgehead atoms. The Kier molecular flexibility index (Phi) is 3.33. The molecule has 0 aliphatic heterocycles. The molecule has 0 radical (unpaired) electrons. The van der Waals surface area contributed by atoms with Crippen molar-refractivity contribution in [3.05, 3.63) is 66.0 Å². The van der Waals surface area contributed by atoms with Gasteiger partial charge in [-0.1, -0.05) is 49.4 Å². The quantitative estimate of drug-likeness (QED) is 0.674. The number of carbonyl (C=O) groups excluding carboxylic acids is 1. The highest BCUT2D eigenvalue weighted by Gasteiger charge is 2.13. The number of aryl methyl sites for hydroxylation is 1. The highest BCUT2D eigenvalue weighted by atomic mass is 16.1. The maximum atomic E-state index is 12.6. The molecule has 3 rings (SSSR count). The maximum Gasteiger partial charge on any atom is 0.196 e. The van der Waals surface area contributed by atoms with Gasteiger partial charge in [0.25, 0.3) is 0 Å². The molecule has 0 N–H and O–H groups in total. The fourth-order valence-electron chi connectivity index (χ4n) is 2.41. The molecule has 3 heteroatoms. The zero-order valence-electron chi connectivity index (χ0n) is 11.4. The second-order valence-electron chi connectivity index (χ2n) is 4.85. The largest absolute Gasteiger partial charge is 0.288 e. The van der Waals surface area contributed by atoms with Crippen LogP contribution >= 0.6 is 0 Å². The smallest absolute Gasteiger partial charge is 0.196 e. The summed E-state index contributed by atoms with van der Waals surface area (Å²) >= 11 is 0. The van der Waals surface area contributed by atoms with Gasteiger partial charge in [-0.3, -0.25) is 9.48 Å².